The van der Waals surface area contributed by atoms with E-state index in [2.05, 4.69) is 41.5 Å². The minimum atomic E-state index is -0.234. The number of unbranched alkanes of at least 4 members (excludes halogenated alkanes) is 9. The second-order valence-corrected chi connectivity index (χ2v) is 11.3. The van der Waals surface area contributed by atoms with Crippen molar-refractivity contribution in [1.82, 2.24) is 0 Å². The molecular weight excluding hydrogens is 596 g/mol. The van der Waals surface area contributed by atoms with Crippen LogP contribution in [0.5, 0.6) is 11.5 Å². The molecule has 0 saturated heterocycles. The van der Waals surface area contributed by atoms with Crippen LogP contribution in [0.3, 0.4) is 0 Å². The Balaban J connectivity index is 0.00000533. The first-order valence-electron chi connectivity index (χ1n) is 13.9. The molecule has 1 aromatic heterocycles. The Morgan fingerprint density at radius 2 is 1.64 bits per heavy atom. The zero-order chi connectivity index (χ0) is 27.0. The van der Waals surface area contributed by atoms with Gasteiger partial charge in [-0.15, -0.1) is 0 Å². The lowest BCUT2D eigenvalue weighted by Crippen LogP contribution is -3.00. The van der Waals surface area contributed by atoms with E-state index in [9.17, 15) is 4.79 Å². The highest BCUT2D eigenvalue weighted by atomic mass is 79.9. The lowest BCUT2D eigenvalue weighted by molar-refractivity contribution is -0.683. The minimum Gasteiger partial charge on any atom is -1.00 e. The summed E-state index contributed by atoms with van der Waals surface area (Å²) >= 11 is 8.10. The Kier molecular flexibility index (Phi) is 16.2. The highest BCUT2D eigenvalue weighted by Crippen LogP contribution is 2.35. The van der Waals surface area contributed by atoms with E-state index in [-0.39, 0.29) is 29.5 Å². The first-order chi connectivity index (χ1) is 18.5. The molecule has 39 heavy (non-hydrogen) atoms. The number of para-hydroxylation sites is 1. The van der Waals surface area contributed by atoms with Crippen molar-refractivity contribution in [1.29, 1.82) is 0 Å². The van der Waals surface area contributed by atoms with Gasteiger partial charge in [0.15, 0.2) is 30.8 Å². The van der Waals surface area contributed by atoms with Crippen molar-refractivity contribution in [2.45, 2.75) is 84.6 Å². The number of amides is 1. The lowest BCUT2D eigenvalue weighted by atomic mass is 10.1. The molecule has 0 aliphatic rings. The molecule has 0 atom stereocenters. The summed E-state index contributed by atoms with van der Waals surface area (Å²) in [7, 11) is 0. The van der Waals surface area contributed by atoms with E-state index in [1.165, 1.54) is 56.2 Å². The van der Waals surface area contributed by atoms with Gasteiger partial charge in [0.25, 0.3) is 5.91 Å². The third-order valence-electron chi connectivity index (χ3n) is 6.33. The van der Waals surface area contributed by atoms with E-state index < -0.39 is 0 Å². The van der Waals surface area contributed by atoms with Gasteiger partial charge in [-0.3, -0.25) is 4.79 Å². The Labute approximate surface area is 253 Å². The summed E-state index contributed by atoms with van der Waals surface area (Å²) < 4.78 is 13.9. The second-order valence-electron chi connectivity index (χ2n) is 9.77. The fourth-order valence-corrected chi connectivity index (χ4v) is 5.19. The minimum absolute atomic E-state index is 0. The number of nitrogens with zero attached hydrogens (tertiary/aromatic N) is 1. The van der Waals surface area contributed by atoms with E-state index >= 15 is 0 Å². The van der Waals surface area contributed by atoms with E-state index in [1.54, 1.807) is 29.5 Å². The van der Waals surface area contributed by atoms with E-state index in [1.807, 2.05) is 18.2 Å². The van der Waals surface area contributed by atoms with Gasteiger partial charge in [-0.2, -0.15) is 4.57 Å². The maximum absolute atomic E-state index is 12.6. The number of carbonyl (C=O) groups is 1. The number of halogens is 2. The van der Waals surface area contributed by atoms with Crippen LogP contribution in [0.25, 0.3) is 0 Å². The molecule has 214 valence electrons. The molecule has 0 spiro atoms. The zero-order valence-electron chi connectivity index (χ0n) is 23.2. The first-order valence-corrected chi connectivity index (χ1v) is 15.2. The number of nitrogens with one attached hydrogen (secondary N) is 1. The fraction of sp³-hybridized carbons (Fsp3) is 0.484. The van der Waals surface area contributed by atoms with Gasteiger partial charge in [-0.05, 0) is 37.6 Å². The Morgan fingerprint density at radius 1 is 0.949 bits per heavy atom. The predicted octanol–water partition coefficient (Wildman–Crippen LogP) is 5.37. The third-order valence-corrected chi connectivity index (χ3v) is 7.48. The molecule has 8 heteroatoms. The molecular formula is C31H42BrClN2O3S. The van der Waals surface area contributed by atoms with Crippen molar-refractivity contribution < 1.29 is 35.8 Å². The molecule has 0 fully saturated rings. The van der Waals surface area contributed by atoms with Crippen molar-refractivity contribution >= 4 is 34.5 Å². The summed E-state index contributed by atoms with van der Waals surface area (Å²) in [6, 6.07) is 13.2. The summed E-state index contributed by atoms with van der Waals surface area (Å²) in [5, 5.41) is 3.41. The number of aryl methyl sites for hydroxylation is 1. The van der Waals surface area contributed by atoms with Gasteiger partial charge in [0, 0.05) is 11.3 Å². The standard InChI is InChI=1S/C31H41ClN2O3S.BrH/c1-3-4-5-6-7-8-9-10-11-12-19-36-31-28(32)17-14-18-29(31)37-23-30(35)33-27-16-13-15-26(20-27)22-34-21-25(2)38-24-34;/h13-18,20-21,24H,3-12,19,22-23H2,1-2H3;1H. The van der Waals surface area contributed by atoms with E-state index in [4.69, 9.17) is 21.1 Å². The third kappa shape index (κ3) is 12.7. The highest BCUT2D eigenvalue weighted by Gasteiger charge is 2.13. The Morgan fingerprint density at radius 3 is 2.33 bits per heavy atom. The number of ether oxygens (including phenoxy) is 2. The molecule has 0 radical (unpaired) electrons. The number of hydrogen-bond acceptors (Lipinski definition) is 4. The molecule has 0 bridgehead atoms. The topological polar surface area (TPSA) is 51.4 Å². The molecule has 0 aliphatic carbocycles. The molecule has 3 aromatic rings. The molecule has 0 aliphatic heterocycles. The Hall–Kier alpha value is -2.09. The van der Waals surface area contributed by atoms with Crippen LogP contribution in [0.2, 0.25) is 5.02 Å². The predicted molar refractivity (Wildman–Crippen MR) is 158 cm³/mol. The van der Waals surface area contributed by atoms with Gasteiger partial charge in [0.1, 0.15) is 0 Å². The summed E-state index contributed by atoms with van der Waals surface area (Å²) in [6.45, 7) is 5.55. The van der Waals surface area contributed by atoms with Crippen LogP contribution in [0.1, 0.15) is 81.6 Å². The highest BCUT2D eigenvalue weighted by molar-refractivity contribution is 7.09. The quantitative estimate of drug-likeness (QED) is 0.151. The first kappa shape index (κ1) is 33.1. The zero-order valence-corrected chi connectivity index (χ0v) is 26.4. The Bertz CT molecular complexity index is 1120. The van der Waals surface area contributed by atoms with Crippen molar-refractivity contribution in [3.8, 4) is 11.5 Å². The molecule has 0 unspecified atom stereocenters. The maximum Gasteiger partial charge on any atom is 0.262 e. The smallest absolute Gasteiger partial charge is 0.262 e. The fourth-order valence-electron chi connectivity index (χ4n) is 4.33. The number of carbonyl (C=O) groups excluding carboxylic acids is 1. The van der Waals surface area contributed by atoms with Crippen molar-refractivity contribution in [3.05, 3.63) is 69.6 Å². The number of anilines is 1. The van der Waals surface area contributed by atoms with Gasteiger partial charge in [-0.1, -0.05) is 106 Å². The summed E-state index contributed by atoms with van der Waals surface area (Å²) in [4.78, 5) is 13.9. The second kappa shape index (κ2) is 19.1. The number of aromatic nitrogens is 1. The van der Waals surface area contributed by atoms with Crippen LogP contribution in [-0.2, 0) is 11.3 Å². The summed E-state index contributed by atoms with van der Waals surface area (Å²) in [6.07, 6.45) is 14.8. The molecule has 0 saturated carbocycles. The number of benzene rings is 2. The van der Waals surface area contributed by atoms with Crippen LogP contribution >= 0.6 is 22.9 Å². The monoisotopic (exact) mass is 636 g/mol. The molecule has 3 rings (SSSR count). The number of rotatable bonds is 18. The van der Waals surface area contributed by atoms with E-state index in [0.717, 1.165) is 30.6 Å². The van der Waals surface area contributed by atoms with Gasteiger partial charge >= 0.3 is 0 Å². The van der Waals surface area contributed by atoms with Crippen LogP contribution in [-0.4, -0.2) is 19.1 Å². The summed E-state index contributed by atoms with van der Waals surface area (Å²) in [5.74, 6) is 0.752. The van der Waals surface area contributed by atoms with Gasteiger partial charge in [0.2, 0.25) is 5.51 Å². The van der Waals surface area contributed by atoms with Gasteiger partial charge in [-0.25, -0.2) is 0 Å². The number of thiazole rings is 1. The summed E-state index contributed by atoms with van der Waals surface area (Å²) in [5.41, 5.74) is 3.95. The average molecular weight is 638 g/mol. The van der Waals surface area contributed by atoms with Crippen LogP contribution < -0.4 is 36.3 Å². The molecule has 2 aromatic carbocycles. The van der Waals surface area contributed by atoms with Crippen molar-refractivity contribution in [2.24, 2.45) is 0 Å². The molecule has 5 nitrogen and oxygen atoms in total. The SMILES string of the molecule is CCCCCCCCCCCCOc1c(Cl)cccc1OCC(=O)Nc1cccc(C[n+]2csc(C)c2)c1.[Br-]. The average Bonchev–Trinajstić information content (AvgIpc) is 3.31. The molecule has 1 N–H and O–H groups in total. The maximum atomic E-state index is 12.6. The van der Waals surface area contributed by atoms with Crippen molar-refractivity contribution in [3.63, 3.8) is 0 Å². The van der Waals surface area contributed by atoms with E-state index in [0.29, 0.717) is 23.1 Å². The molecule has 1 amide bonds. The van der Waals surface area contributed by atoms with Crippen LogP contribution in [0.4, 0.5) is 5.69 Å². The lowest BCUT2D eigenvalue weighted by Gasteiger charge is -2.14. The van der Waals surface area contributed by atoms with Gasteiger partial charge < -0.3 is 31.8 Å². The van der Waals surface area contributed by atoms with Gasteiger partial charge in [0.05, 0.1) is 16.5 Å². The number of hydrogen-bond donors (Lipinski definition) is 1. The van der Waals surface area contributed by atoms with Crippen LogP contribution in [0.15, 0.2) is 54.2 Å². The van der Waals surface area contributed by atoms with Crippen molar-refractivity contribution in [2.75, 3.05) is 18.5 Å². The van der Waals surface area contributed by atoms with Crippen LogP contribution in [0, 0.1) is 6.92 Å². The normalized spacial score (nSPS) is 10.6. The largest absolute Gasteiger partial charge is 1.00 e. The molecule has 1 heterocycles.